The van der Waals surface area contributed by atoms with Crippen molar-refractivity contribution >= 4 is 0 Å². The minimum atomic E-state index is 0.488. The number of hydrogen-bond acceptors (Lipinski definition) is 0. The quantitative estimate of drug-likeness (QED) is 0.511. The highest BCUT2D eigenvalue weighted by atomic mass is 14.1. The van der Waals surface area contributed by atoms with E-state index in [0.717, 1.165) is 6.42 Å². The van der Waals surface area contributed by atoms with Crippen molar-refractivity contribution in [3.63, 3.8) is 0 Å². The van der Waals surface area contributed by atoms with Crippen molar-refractivity contribution in [1.82, 2.24) is 0 Å². The normalized spacial score (nSPS) is 13.4. The van der Waals surface area contributed by atoms with Crippen molar-refractivity contribution in [3.05, 3.63) is 0 Å². The minimum Gasteiger partial charge on any atom is -0.0654 e. The van der Waals surface area contributed by atoms with Gasteiger partial charge in [0.1, 0.15) is 0 Å². The molecule has 0 N–H and O–H groups in total. The molecule has 9 heavy (non-hydrogen) atoms. The van der Waals surface area contributed by atoms with Gasteiger partial charge in [-0.15, -0.1) is 0 Å². The molecule has 0 rings (SSSR count). The highest BCUT2D eigenvalue weighted by Gasteiger charge is 2.07. The highest BCUT2D eigenvalue weighted by Crippen LogP contribution is 2.21. The molecule has 0 unspecified atom stereocenters. The first kappa shape index (κ1) is 7.11. The van der Waals surface area contributed by atoms with Crippen LogP contribution >= 0.6 is 0 Å². The lowest BCUT2D eigenvalue weighted by atomic mass is 9.90. The van der Waals surface area contributed by atoms with Crippen LogP contribution < -0.4 is 0 Å². The summed E-state index contributed by atoms with van der Waals surface area (Å²) in [7, 11) is 0. The molecule has 0 amide bonds. The molecule has 0 spiro atoms. The topological polar surface area (TPSA) is 0 Å². The van der Waals surface area contributed by atoms with Crippen LogP contribution in [0.25, 0.3) is 0 Å². The summed E-state index contributed by atoms with van der Waals surface area (Å²) in [6.07, 6.45) is 4.91. The molecule has 0 heterocycles. The van der Waals surface area contributed by atoms with Gasteiger partial charge in [0.2, 0.25) is 0 Å². The molecule has 0 saturated heterocycles. The van der Waals surface area contributed by atoms with E-state index in [2.05, 4.69) is 20.8 Å². The maximum atomic E-state index is 6.94. The summed E-state index contributed by atoms with van der Waals surface area (Å²) in [6, 6.07) is 0. The van der Waals surface area contributed by atoms with Gasteiger partial charge >= 0.3 is 0 Å². The van der Waals surface area contributed by atoms with Gasteiger partial charge in [0.15, 0.2) is 0 Å². The lowest BCUT2D eigenvalue weighted by molar-refractivity contribution is 0.359. The molecule has 0 heteroatoms. The molecule has 0 aliphatic heterocycles. The van der Waals surface area contributed by atoms with E-state index in [-0.39, 0.29) is 0 Å². The Labute approximate surface area is 61.1 Å². The number of hydrogen-bond donors (Lipinski definition) is 0. The van der Waals surface area contributed by atoms with Crippen LogP contribution in [0, 0.1) is 5.41 Å². The van der Waals surface area contributed by atoms with Gasteiger partial charge in [-0.1, -0.05) is 46.9 Å². The molecule has 0 aliphatic rings. The van der Waals surface area contributed by atoms with Crippen LogP contribution in [0.2, 0.25) is 0 Å². The fourth-order valence-electron chi connectivity index (χ4n) is 0.832. The van der Waals surface area contributed by atoms with Crippen LogP contribution in [-0.2, 0) is 0 Å². The first-order valence-electron chi connectivity index (χ1n) is 4.56. The fraction of sp³-hybridized carbons (Fsp3) is 1.00. The van der Waals surface area contributed by atoms with Gasteiger partial charge < -0.3 is 0 Å². The van der Waals surface area contributed by atoms with Crippen molar-refractivity contribution in [1.29, 1.82) is 0 Å². The second kappa shape index (κ2) is 3.92. The van der Waals surface area contributed by atoms with Crippen molar-refractivity contribution in [2.75, 3.05) is 0 Å². The summed E-state index contributed by atoms with van der Waals surface area (Å²) in [6.45, 7) is 7.42. The van der Waals surface area contributed by atoms with Crippen molar-refractivity contribution < 1.29 is 1.37 Å². The first-order chi connectivity index (χ1) is 4.56. The Morgan fingerprint density at radius 1 is 1.22 bits per heavy atom. The Balaban J connectivity index is 3.04. The van der Waals surface area contributed by atoms with Gasteiger partial charge in [-0.05, 0) is 11.8 Å². The third-order valence-electron chi connectivity index (χ3n) is 1.43. The van der Waals surface area contributed by atoms with E-state index in [0.29, 0.717) is 12.3 Å². The average molecular weight is 129 g/mol. The van der Waals surface area contributed by atoms with Gasteiger partial charge in [-0.25, -0.2) is 0 Å². The summed E-state index contributed by atoms with van der Waals surface area (Å²) >= 11 is 0. The Morgan fingerprint density at radius 3 is 2.33 bits per heavy atom. The van der Waals surface area contributed by atoms with E-state index in [4.69, 9.17) is 1.37 Å². The molecule has 0 radical (unpaired) electrons. The van der Waals surface area contributed by atoms with E-state index in [9.17, 15) is 0 Å². The lowest BCUT2D eigenvalue weighted by Gasteiger charge is -2.16. The van der Waals surface area contributed by atoms with Crippen LogP contribution in [-0.4, -0.2) is 0 Å². The molecule has 0 aromatic heterocycles. The summed E-state index contributed by atoms with van der Waals surface area (Å²) < 4.78 is 6.94. The monoisotopic (exact) mass is 129 g/mol. The molecule has 0 atom stereocenters. The Morgan fingerprint density at radius 2 is 1.89 bits per heavy atom. The maximum absolute atomic E-state index is 6.94. The van der Waals surface area contributed by atoms with E-state index in [1.54, 1.807) is 0 Å². The lowest BCUT2D eigenvalue weighted by Crippen LogP contribution is -2.03. The Hall–Kier alpha value is 0. The molecule has 0 bridgehead atoms. The van der Waals surface area contributed by atoms with Gasteiger partial charge in [-0.3, -0.25) is 0 Å². The van der Waals surface area contributed by atoms with Crippen LogP contribution in [0.4, 0.5) is 0 Å². The highest BCUT2D eigenvalue weighted by molar-refractivity contribution is 4.60. The van der Waals surface area contributed by atoms with Gasteiger partial charge in [0, 0.05) is 1.37 Å². The first-order valence-corrected chi connectivity index (χ1v) is 3.85. The summed E-state index contributed by atoms with van der Waals surface area (Å²) in [5.41, 5.74) is 0.488. The zero-order chi connectivity index (χ0) is 8.04. The predicted molar refractivity (Wildman–Crippen MR) is 43.6 cm³/mol. The van der Waals surface area contributed by atoms with Crippen LogP contribution in [0.1, 0.15) is 54.7 Å². The second-order valence-corrected chi connectivity index (χ2v) is 3.87. The largest absolute Gasteiger partial charge is 0.0654 e. The standard InChI is InChI=1S/C9H20/c1-5-6-7-8-9(2,3)4/h5-8H2,1-4H3/i1D. The van der Waals surface area contributed by atoms with Gasteiger partial charge in [0.25, 0.3) is 0 Å². The fourth-order valence-corrected chi connectivity index (χ4v) is 0.832. The van der Waals surface area contributed by atoms with Crippen molar-refractivity contribution in [2.45, 2.75) is 53.4 Å². The molecule has 0 nitrogen and oxygen atoms in total. The Kier molecular flexibility index (Phi) is 3.10. The Bertz CT molecular complexity index is 71.3. The zero-order valence-electron chi connectivity index (χ0n) is 8.04. The van der Waals surface area contributed by atoms with Crippen LogP contribution in [0.15, 0.2) is 0 Å². The summed E-state index contributed by atoms with van der Waals surface area (Å²) in [4.78, 5) is 0. The van der Waals surface area contributed by atoms with E-state index >= 15 is 0 Å². The molecule has 56 valence electrons. The van der Waals surface area contributed by atoms with Gasteiger partial charge in [0.05, 0.1) is 0 Å². The molecule has 0 saturated carbocycles. The molecule has 0 fully saturated rings. The minimum absolute atomic E-state index is 0.488. The molecular formula is C9H20. The van der Waals surface area contributed by atoms with Crippen molar-refractivity contribution in [2.24, 2.45) is 5.41 Å². The molecule has 0 aromatic carbocycles. The summed E-state index contributed by atoms with van der Waals surface area (Å²) in [5, 5.41) is 0. The number of rotatable bonds is 3. The van der Waals surface area contributed by atoms with Gasteiger partial charge in [-0.2, -0.15) is 0 Å². The third-order valence-corrected chi connectivity index (χ3v) is 1.43. The zero-order valence-corrected chi connectivity index (χ0v) is 7.04. The molecule has 0 aliphatic carbocycles. The summed E-state index contributed by atoms with van der Waals surface area (Å²) in [5.74, 6) is 0. The van der Waals surface area contributed by atoms with E-state index in [1.807, 2.05) is 0 Å². The van der Waals surface area contributed by atoms with Crippen molar-refractivity contribution in [3.8, 4) is 0 Å². The SMILES string of the molecule is [2H]CCCCCC(C)(C)C. The average Bonchev–Trinajstić information content (AvgIpc) is 1.78. The van der Waals surface area contributed by atoms with Crippen LogP contribution in [0.5, 0.6) is 0 Å². The van der Waals surface area contributed by atoms with E-state index in [1.165, 1.54) is 19.3 Å². The predicted octanol–water partition coefficient (Wildman–Crippen LogP) is 3.61. The van der Waals surface area contributed by atoms with Crippen LogP contribution in [0.3, 0.4) is 0 Å². The third kappa shape index (κ3) is 8.00. The smallest absolute Gasteiger partial charge is 0.0230 e. The molecule has 0 aromatic rings. The molecular weight excluding hydrogens is 108 g/mol. The maximum Gasteiger partial charge on any atom is 0.0230 e. The second-order valence-electron chi connectivity index (χ2n) is 3.87. The number of unbranched alkanes of at least 4 members (excludes halogenated alkanes) is 2. The van der Waals surface area contributed by atoms with E-state index < -0.39 is 0 Å².